The predicted octanol–water partition coefficient (Wildman–Crippen LogP) is 0.867. The SMILES string of the molecule is N#Cc1ccc(-c2nsnc2C(=O)NC(Cc2ccccc2)C(=O)C(N)=O)nc1. The highest BCUT2D eigenvalue weighted by Crippen LogP contribution is 2.20. The van der Waals surface area contributed by atoms with Gasteiger partial charge >= 0.3 is 0 Å². The van der Waals surface area contributed by atoms with E-state index < -0.39 is 23.6 Å². The molecule has 0 aliphatic carbocycles. The maximum absolute atomic E-state index is 12.8. The summed E-state index contributed by atoms with van der Waals surface area (Å²) in [6, 6.07) is 12.8. The van der Waals surface area contributed by atoms with Gasteiger partial charge in [0.2, 0.25) is 5.78 Å². The Bertz CT molecular complexity index is 1090. The fourth-order valence-electron chi connectivity index (χ4n) is 2.56. The number of ketones is 1. The summed E-state index contributed by atoms with van der Waals surface area (Å²) in [5, 5.41) is 11.4. The highest BCUT2D eigenvalue weighted by Gasteiger charge is 2.28. The summed E-state index contributed by atoms with van der Waals surface area (Å²) in [5.74, 6) is -2.74. The molecule has 3 rings (SSSR count). The Morgan fingerprint density at radius 2 is 1.90 bits per heavy atom. The van der Waals surface area contributed by atoms with Gasteiger partial charge in [-0.25, -0.2) is 0 Å². The van der Waals surface area contributed by atoms with E-state index in [1.807, 2.05) is 12.1 Å². The zero-order valence-corrected chi connectivity index (χ0v) is 15.7. The number of primary amides is 1. The van der Waals surface area contributed by atoms with Crippen molar-refractivity contribution in [3.05, 3.63) is 65.5 Å². The zero-order valence-electron chi connectivity index (χ0n) is 14.9. The minimum atomic E-state index is -1.15. The number of pyridine rings is 1. The number of Topliss-reactive ketones (excluding diaryl/α,β-unsaturated/α-hetero) is 1. The number of amides is 2. The second kappa shape index (κ2) is 8.81. The fraction of sp³-hybridized carbons (Fsp3) is 0.105. The Hall–Kier alpha value is -3.97. The van der Waals surface area contributed by atoms with Crippen LogP contribution >= 0.6 is 11.7 Å². The van der Waals surface area contributed by atoms with Crippen molar-refractivity contribution >= 4 is 29.3 Å². The summed E-state index contributed by atoms with van der Waals surface area (Å²) in [7, 11) is 0. The van der Waals surface area contributed by atoms with Gasteiger partial charge in [0.15, 0.2) is 5.69 Å². The number of nitrogens with two attached hydrogens (primary N) is 1. The van der Waals surface area contributed by atoms with Crippen LogP contribution in [0.4, 0.5) is 0 Å². The summed E-state index contributed by atoms with van der Waals surface area (Å²) in [4.78, 5) is 40.5. The van der Waals surface area contributed by atoms with Crippen LogP contribution in [0.3, 0.4) is 0 Å². The standard InChI is InChI=1S/C19H14N6O3S/c20-9-12-6-7-13(22-10-12)15-16(25-29-24-15)19(28)23-14(17(26)18(21)27)8-11-4-2-1-3-5-11/h1-7,10,14H,8H2,(H2,21,27)(H,23,28). The number of nitrogens with zero attached hydrogens (tertiary/aromatic N) is 4. The van der Waals surface area contributed by atoms with E-state index in [4.69, 9.17) is 11.0 Å². The lowest BCUT2D eigenvalue weighted by Gasteiger charge is -2.16. The first-order chi connectivity index (χ1) is 14.0. The normalized spacial score (nSPS) is 11.3. The van der Waals surface area contributed by atoms with Crippen LogP contribution in [-0.2, 0) is 16.0 Å². The number of hydrogen-bond donors (Lipinski definition) is 2. The number of nitrogens with one attached hydrogen (secondary N) is 1. The molecule has 0 fully saturated rings. The van der Waals surface area contributed by atoms with E-state index in [1.165, 1.54) is 12.3 Å². The maximum atomic E-state index is 12.8. The summed E-state index contributed by atoms with van der Waals surface area (Å²) >= 11 is 0.803. The number of aromatic nitrogens is 3. The molecule has 29 heavy (non-hydrogen) atoms. The molecule has 0 radical (unpaired) electrons. The average molecular weight is 406 g/mol. The van der Waals surface area contributed by atoms with Crippen molar-refractivity contribution in [1.82, 2.24) is 19.0 Å². The highest BCUT2D eigenvalue weighted by atomic mass is 32.1. The molecule has 1 atom stereocenters. The van der Waals surface area contributed by atoms with E-state index in [1.54, 1.807) is 30.3 Å². The molecule has 3 aromatic rings. The van der Waals surface area contributed by atoms with Crippen LogP contribution < -0.4 is 11.1 Å². The molecule has 1 unspecified atom stereocenters. The first kappa shape index (κ1) is 19.8. The first-order valence-corrected chi connectivity index (χ1v) is 9.10. The van der Waals surface area contributed by atoms with Crippen LogP contribution in [-0.4, -0.2) is 37.4 Å². The Kier molecular flexibility index (Phi) is 6.01. The lowest BCUT2D eigenvalue weighted by molar-refractivity contribution is -0.137. The number of carbonyl (C=O) groups excluding carboxylic acids is 3. The molecule has 0 saturated heterocycles. The van der Waals surface area contributed by atoms with Crippen LogP contribution in [0.5, 0.6) is 0 Å². The second-order valence-electron chi connectivity index (χ2n) is 5.95. The molecule has 144 valence electrons. The lowest BCUT2D eigenvalue weighted by Crippen LogP contribution is -2.47. The lowest BCUT2D eigenvalue weighted by atomic mass is 10.0. The number of carbonyl (C=O) groups is 3. The van der Waals surface area contributed by atoms with Gasteiger partial charge in [-0.15, -0.1) is 0 Å². The number of benzene rings is 1. The number of hydrogen-bond acceptors (Lipinski definition) is 8. The van der Waals surface area contributed by atoms with Crippen LogP contribution in [0.25, 0.3) is 11.4 Å². The van der Waals surface area contributed by atoms with Crippen LogP contribution in [0.1, 0.15) is 21.6 Å². The largest absolute Gasteiger partial charge is 0.363 e. The number of nitriles is 1. The van der Waals surface area contributed by atoms with Crippen molar-refractivity contribution in [1.29, 1.82) is 5.26 Å². The van der Waals surface area contributed by atoms with Gasteiger partial charge in [-0.2, -0.15) is 14.0 Å². The van der Waals surface area contributed by atoms with Gasteiger partial charge in [0.25, 0.3) is 11.8 Å². The molecule has 2 amide bonds. The van der Waals surface area contributed by atoms with Crippen molar-refractivity contribution in [2.75, 3.05) is 0 Å². The van der Waals surface area contributed by atoms with Crippen molar-refractivity contribution in [3.63, 3.8) is 0 Å². The van der Waals surface area contributed by atoms with Crippen LogP contribution in [0.15, 0.2) is 48.7 Å². The third-order valence-electron chi connectivity index (χ3n) is 3.99. The molecule has 1 aromatic carbocycles. The minimum Gasteiger partial charge on any atom is -0.363 e. The van der Waals surface area contributed by atoms with Crippen molar-refractivity contribution in [3.8, 4) is 17.5 Å². The third kappa shape index (κ3) is 4.66. The zero-order chi connectivity index (χ0) is 20.8. The van der Waals surface area contributed by atoms with Gasteiger partial charge in [-0.3, -0.25) is 19.4 Å². The van der Waals surface area contributed by atoms with Crippen molar-refractivity contribution in [2.24, 2.45) is 5.73 Å². The molecular weight excluding hydrogens is 392 g/mol. The highest BCUT2D eigenvalue weighted by molar-refractivity contribution is 6.99. The van der Waals surface area contributed by atoms with Gasteiger partial charge < -0.3 is 11.1 Å². The molecule has 0 aliphatic rings. The first-order valence-electron chi connectivity index (χ1n) is 8.37. The van der Waals surface area contributed by atoms with E-state index in [9.17, 15) is 14.4 Å². The molecule has 2 heterocycles. The predicted molar refractivity (Wildman–Crippen MR) is 103 cm³/mol. The Morgan fingerprint density at radius 3 is 2.52 bits per heavy atom. The van der Waals surface area contributed by atoms with Gasteiger partial charge in [0, 0.05) is 12.6 Å². The molecule has 0 aliphatic heterocycles. The average Bonchev–Trinajstić information content (AvgIpc) is 3.23. The van der Waals surface area contributed by atoms with Crippen LogP contribution in [0, 0.1) is 11.3 Å². The Balaban J connectivity index is 1.85. The molecule has 3 N–H and O–H groups in total. The Morgan fingerprint density at radius 1 is 1.14 bits per heavy atom. The van der Waals surface area contributed by atoms with E-state index in [0.29, 0.717) is 11.3 Å². The summed E-state index contributed by atoms with van der Waals surface area (Å²) in [6.45, 7) is 0. The van der Waals surface area contributed by atoms with Gasteiger partial charge in [0.05, 0.1) is 23.0 Å². The van der Waals surface area contributed by atoms with E-state index in [2.05, 4.69) is 19.0 Å². The van der Waals surface area contributed by atoms with Crippen molar-refractivity contribution in [2.45, 2.75) is 12.5 Å². The van der Waals surface area contributed by atoms with Gasteiger partial charge in [-0.05, 0) is 17.7 Å². The summed E-state index contributed by atoms with van der Waals surface area (Å²) < 4.78 is 8.07. The minimum absolute atomic E-state index is 0.0393. The maximum Gasteiger partial charge on any atom is 0.287 e. The molecule has 0 bridgehead atoms. The topological polar surface area (TPSA) is 152 Å². The molecule has 10 heteroatoms. The van der Waals surface area contributed by atoms with Crippen LogP contribution in [0.2, 0.25) is 0 Å². The van der Waals surface area contributed by atoms with Gasteiger partial charge in [-0.1, -0.05) is 30.3 Å². The molecule has 9 nitrogen and oxygen atoms in total. The quantitative estimate of drug-likeness (QED) is 0.552. The van der Waals surface area contributed by atoms with E-state index >= 15 is 0 Å². The summed E-state index contributed by atoms with van der Waals surface area (Å²) in [6.07, 6.45) is 1.45. The van der Waals surface area contributed by atoms with E-state index in [0.717, 1.165) is 17.3 Å². The molecule has 0 spiro atoms. The Labute approximate surface area is 169 Å². The molecular formula is C19H14N6O3S. The van der Waals surface area contributed by atoms with Crippen molar-refractivity contribution < 1.29 is 14.4 Å². The molecule has 2 aromatic heterocycles. The summed E-state index contributed by atoms with van der Waals surface area (Å²) in [5.41, 5.74) is 6.76. The molecule has 0 saturated carbocycles. The second-order valence-corrected chi connectivity index (χ2v) is 6.48. The number of rotatable bonds is 7. The monoisotopic (exact) mass is 406 g/mol. The third-order valence-corrected chi connectivity index (χ3v) is 4.51. The fourth-order valence-corrected chi connectivity index (χ4v) is 3.12. The van der Waals surface area contributed by atoms with Gasteiger partial charge in [0.1, 0.15) is 17.8 Å². The smallest absolute Gasteiger partial charge is 0.287 e. The van der Waals surface area contributed by atoms with E-state index in [-0.39, 0.29) is 17.8 Å².